The molecule has 2 heterocycles. The average Bonchev–Trinajstić information content (AvgIpc) is 3.33. The van der Waals surface area contributed by atoms with Crippen molar-refractivity contribution in [2.75, 3.05) is 0 Å². The van der Waals surface area contributed by atoms with Gasteiger partial charge in [0, 0.05) is 23.8 Å². The summed E-state index contributed by atoms with van der Waals surface area (Å²) in [6.45, 7) is 0.347. The van der Waals surface area contributed by atoms with Crippen LogP contribution in [0.15, 0.2) is 66.7 Å². The monoisotopic (exact) mass is 436 g/mol. The summed E-state index contributed by atoms with van der Waals surface area (Å²) in [4.78, 5) is 24.4. The van der Waals surface area contributed by atoms with E-state index in [2.05, 4.69) is 0 Å². The van der Waals surface area contributed by atoms with Gasteiger partial charge in [0.2, 0.25) is 6.29 Å². The highest BCUT2D eigenvalue weighted by molar-refractivity contribution is 5.89. The van der Waals surface area contributed by atoms with Gasteiger partial charge >= 0.3 is 11.9 Å². The van der Waals surface area contributed by atoms with Crippen LogP contribution < -0.4 is 4.74 Å². The zero-order valence-electron chi connectivity index (χ0n) is 17.3. The van der Waals surface area contributed by atoms with Crippen LogP contribution in [0.5, 0.6) is 5.75 Å². The SMILES string of the molecule is O=C1C[C@@H]2[C@@H](C=C[C@@H](O)[C@@H]3OCc4ccccc4O3)[C@H](OC(=O)c3ccccc3)C[C@@H]2O1. The van der Waals surface area contributed by atoms with E-state index in [1.165, 1.54) is 0 Å². The van der Waals surface area contributed by atoms with Crippen molar-refractivity contribution < 1.29 is 33.6 Å². The number of benzene rings is 2. The number of hydrogen-bond donors (Lipinski definition) is 1. The summed E-state index contributed by atoms with van der Waals surface area (Å²) in [5, 5.41) is 10.7. The zero-order valence-corrected chi connectivity index (χ0v) is 17.3. The maximum absolute atomic E-state index is 12.6. The summed E-state index contributed by atoms with van der Waals surface area (Å²) in [6.07, 6.45) is 1.48. The minimum absolute atomic E-state index is 0.103. The molecule has 2 fully saturated rings. The maximum atomic E-state index is 12.6. The van der Waals surface area contributed by atoms with Gasteiger partial charge in [-0.2, -0.15) is 0 Å². The maximum Gasteiger partial charge on any atom is 0.338 e. The predicted octanol–water partition coefficient (Wildman–Crippen LogP) is 3.02. The Morgan fingerprint density at radius 1 is 1.09 bits per heavy atom. The lowest BCUT2D eigenvalue weighted by molar-refractivity contribution is -0.152. The number of aliphatic hydroxyl groups excluding tert-OH is 1. The molecule has 0 unspecified atom stereocenters. The van der Waals surface area contributed by atoms with Gasteiger partial charge in [0.05, 0.1) is 18.6 Å². The lowest BCUT2D eigenvalue weighted by Crippen LogP contribution is -2.36. The van der Waals surface area contributed by atoms with Crippen molar-refractivity contribution >= 4 is 11.9 Å². The Kier molecular flexibility index (Phi) is 5.68. The Morgan fingerprint density at radius 2 is 1.88 bits per heavy atom. The highest BCUT2D eigenvalue weighted by Crippen LogP contribution is 2.44. The lowest BCUT2D eigenvalue weighted by Gasteiger charge is -2.28. The molecule has 0 aromatic heterocycles. The summed E-state index contributed by atoms with van der Waals surface area (Å²) < 4.78 is 22.6. The molecular weight excluding hydrogens is 412 g/mol. The number of hydrogen-bond acceptors (Lipinski definition) is 7. The van der Waals surface area contributed by atoms with E-state index < -0.39 is 24.5 Å². The topological polar surface area (TPSA) is 91.3 Å². The quantitative estimate of drug-likeness (QED) is 0.569. The van der Waals surface area contributed by atoms with Crippen molar-refractivity contribution in [3.63, 3.8) is 0 Å². The minimum Gasteiger partial charge on any atom is -0.462 e. The van der Waals surface area contributed by atoms with Crippen molar-refractivity contribution in [3.8, 4) is 5.75 Å². The number of carbonyl (C=O) groups is 2. The second kappa shape index (κ2) is 8.76. The second-order valence-electron chi connectivity index (χ2n) is 8.30. The Balaban J connectivity index is 1.29. The van der Waals surface area contributed by atoms with E-state index in [9.17, 15) is 14.7 Å². The van der Waals surface area contributed by atoms with Gasteiger partial charge in [-0.15, -0.1) is 0 Å². The standard InChI is InChI=1S/C25H24O7/c26-19(25-29-14-16-8-4-5-9-20(16)32-25)11-10-17-18-12-23(27)30-22(18)13-21(17)31-24(28)15-6-2-1-3-7-15/h1-11,17-19,21-22,25-26H,12-14H2/t17-,18-,19-,21-,22+,25-/m1/s1. The van der Waals surface area contributed by atoms with Crippen molar-refractivity contribution in [2.45, 2.75) is 44.1 Å². The first-order chi connectivity index (χ1) is 15.6. The van der Waals surface area contributed by atoms with Gasteiger partial charge in [-0.3, -0.25) is 4.79 Å². The number of para-hydroxylation sites is 1. The van der Waals surface area contributed by atoms with E-state index >= 15 is 0 Å². The molecule has 1 N–H and O–H groups in total. The third-order valence-corrected chi connectivity index (χ3v) is 6.25. The number of fused-ring (bicyclic) bond motifs is 2. The summed E-state index contributed by atoms with van der Waals surface area (Å²) >= 11 is 0. The molecule has 5 rings (SSSR count). The molecule has 7 heteroatoms. The van der Waals surface area contributed by atoms with E-state index in [0.717, 1.165) is 5.56 Å². The van der Waals surface area contributed by atoms with Gasteiger partial charge in [0.15, 0.2) is 0 Å². The highest BCUT2D eigenvalue weighted by atomic mass is 16.7. The molecule has 0 amide bonds. The Labute approximate surface area is 185 Å². The lowest BCUT2D eigenvalue weighted by atomic mass is 9.91. The van der Waals surface area contributed by atoms with Gasteiger partial charge in [0.1, 0.15) is 24.1 Å². The largest absolute Gasteiger partial charge is 0.462 e. The molecule has 1 aliphatic carbocycles. The number of ether oxygens (including phenoxy) is 4. The molecule has 3 aliphatic rings. The Hall–Kier alpha value is -3.16. The molecule has 166 valence electrons. The third kappa shape index (κ3) is 4.13. The second-order valence-corrected chi connectivity index (χ2v) is 8.30. The first kappa shape index (κ1) is 20.7. The first-order valence-electron chi connectivity index (χ1n) is 10.8. The molecule has 2 aromatic rings. The Bertz CT molecular complexity index is 1020. The van der Waals surface area contributed by atoms with Crippen molar-refractivity contribution in [3.05, 3.63) is 77.9 Å². The average molecular weight is 436 g/mol. The number of esters is 2. The van der Waals surface area contributed by atoms with E-state index in [4.69, 9.17) is 18.9 Å². The van der Waals surface area contributed by atoms with Crippen LogP contribution in [0.4, 0.5) is 0 Å². The molecule has 0 spiro atoms. The van der Waals surface area contributed by atoms with Gasteiger partial charge < -0.3 is 24.1 Å². The number of aliphatic hydroxyl groups is 1. The fourth-order valence-corrected chi connectivity index (χ4v) is 4.64. The molecule has 2 aliphatic heterocycles. The van der Waals surface area contributed by atoms with Crippen molar-refractivity contribution in [2.24, 2.45) is 11.8 Å². The number of rotatable bonds is 5. The molecular formula is C25H24O7. The van der Waals surface area contributed by atoms with Crippen LogP contribution >= 0.6 is 0 Å². The molecule has 0 bridgehead atoms. The molecule has 1 saturated carbocycles. The highest BCUT2D eigenvalue weighted by Gasteiger charge is 2.50. The van der Waals surface area contributed by atoms with E-state index in [1.807, 2.05) is 30.3 Å². The van der Waals surface area contributed by atoms with Crippen LogP contribution in [0.3, 0.4) is 0 Å². The smallest absolute Gasteiger partial charge is 0.338 e. The van der Waals surface area contributed by atoms with Gasteiger partial charge in [0.25, 0.3) is 0 Å². The molecule has 6 atom stereocenters. The third-order valence-electron chi connectivity index (χ3n) is 6.25. The van der Waals surface area contributed by atoms with Crippen LogP contribution in [0.2, 0.25) is 0 Å². The molecule has 7 nitrogen and oxygen atoms in total. The summed E-state index contributed by atoms with van der Waals surface area (Å²) in [5.74, 6) is -0.349. The normalized spacial score (nSPS) is 29.7. The summed E-state index contributed by atoms with van der Waals surface area (Å²) in [7, 11) is 0. The summed E-state index contributed by atoms with van der Waals surface area (Å²) in [5.41, 5.74) is 1.39. The predicted molar refractivity (Wildman–Crippen MR) is 113 cm³/mol. The fraction of sp³-hybridized carbons (Fsp3) is 0.360. The minimum atomic E-state index is -1.02. The van der Waals surface area contributed by atoms with Gasteiger partial charge in [-0.05, 0) is 18.2 Å². The van der Waals surface area contributed by atoms with Crippen LogP contribution in [0, 0.1) is 11.8 Å². The first-order valence-corrected chi connectivity index (χ1v) is 10.8. The molecule has 1 saturated heterocycles. The van der Waals surface area contributed by atoms with Gasteiger partial charge in [-0.25, -0.2) is 4.79 Å². The van der Waals surface area contributed by atoms with E-state index in [1.54, 1.807) is 36.4 Å². The van der Waals surface area contributed by atoms with E-state index in [-0.39, 0.29) is 30.3 Å². The van der Waals surface area contributed by atoms with Crippen LogP contribution in [0.1, 0.15) is 28.8 Å². The number of carbonyl (C=O) groups excluding carboxylic acids is 2. The molecule has 2 aromatic carbocycles. The van der Waals surface area contributed by atoms with Crippen LogP contribution in [-0.4, -0.2) is 41.6 Å². The van der Waals surface area contributed by atoms with Crippen LogP contribution in [-0.2, 0) is 25.6 Å². The summed E-state index contributed by atoms with van der Waals surface area (Å²) in [6, 6.07) is 16.3. The molecule has 0 radical (unpaired) electrons. The fourth-order valence-electron chi connectivity index (χ4n) is 4.64. The van der Waals surface area contributed by atoms with E-state index in [0.29, 0.717) is 24.3 Å². The van der Waals surface area contributed by atoms with Crippen molar-refractivity contribution in [1.29, 1.82) is 0 Å². The van der Waals surface area contributed by atoms with Gasteiger partial charge in [-0.1, -0.05) is 48.6 Å². The van der Waals surface area contributed by atoms with Crippen LogP contribution in [0.25, 0.3) is 0 Å². The zero-order chi connectivity index (χ0) is 22.1. The molecule has 32 heavy (non-hydrogen) atoms. The van der Waals surface area contributed by atoms with Crippen molar-refractivity contribution in [1.82, 2.24) is 0 Å². The Morgan fingerprint density at radius 3 is 2.72 bits per heavy atom.